The lowest BCUT2D eigenvalue weighted by Gasteiger charge is -2.63. The number of nitrogens with zero attached hydrogens (tertiary/aromatic N) is 4. The van der Waals surface area contributed by atoms with Gasteiger partial charge in [0.25, 0.3) is 0 Å². The van der Waals surface area contributed by atoms with Crippen molar-refractivity contribution in [2.24, 2.45) is 23.7 Å². The summed E-state index contributed by atoms with van der Waals surface area (Å²) in [6.45, 7) is 14.7. The van der Waals surface area contributed by atoms with Gasteiger partial charge in [-0.1, -0.05) is 185 Å². The molecule has 115 heavy (non-hydrogen) atoms. The maximum absolute atomic E-state index is 4.02. The Bertz CT molecular complexity index is 5450. The van der Waals surface area contributed by atoms with Gasteiger partial charge in [-0.2, -0.15) is 0 Å². The minimum Gasteiger partial charge on any atom is -0.311 e. The smallest absolute Gasteiger partial charge is 0.0464 e. The average Bonchev–Trinajstić information content (AvgIpc) is 0.708. The molecule has 8 bridgehead atoms. The molecule has 4 atom stereocenters. The van der Waals surface area contributed by atoms with Crippen LogP contribution in [-0.2, 0) is 73.0 Å². The van der Waals surface area contributed by atoms with Gasteiger partial charge in [0.1, 0.15) is 0 Å². The third-order valence-electron chi connectivity index (χ3n) is 29.5. The van der Waals surface area contributed by atoms with Crippen LogP contribution in [0.1, 0.15) is 200 Å². The van der Waals surface area contributed by atoms with E-state index in [0.717, 1.165) is 36.5 Å². The van der Waals surface area contributed by atoms with Crippen molar-refractivity contribution in [3.8, 4) is 0 Å². The van der Waals surface area contributed by atoms with E-state index in [-0.39, 0.29) is 10.8 Å². The van der Waals surface area contributed by atoms with Crippen molar-refractivity contribution in [1.29, 1.82) is 0 Å². The van der Waals surface area contributed by atoms with Crippen molar-refractivity contribution in [1.82, 2.24) is 0 Å². The minimum absolute atomic E-state index is 0.255. The largest absolute Gasteiger partial charge is 0.311 e. The SMILES string of the molecule is C=Cc1ccc(C23CC4CC(C2)CC(c2ccc(N(c5ccc(CCCC)cc5)c5ccc(N(c6ccc(C)cc6)c6ccc7c(c6)CC7)cc5)cc2)(C4)C3)cc1.C=Cc1ccc(C23CC4CC(C2)CC(c2ccc(N(c5ccc(CCCC)cc5)c5ccc(N(c6ccc7c(c6)CC7)c6ccc7c(c6)CC7)cc5)cc2)(C4)C3)cc1. The molecule has 0 aromatic heterocycles. The molecule has 4 nitrogen and oxygen atoms in total. The molecule has 11 aliphatic rings. The van der Waals surface area contributed by atoms with Crippen LogP contribution < -0.4 is 19.6 Å². The molecule has 4 unspecified atom stereocenters. The monoisotopic (exact) mass is 1500 g/mol. The highest BCUT2D eigenvalue weighted by Crippen LogP contribution is 2.68. The first-order chi connectivity index (χ1) is 56.4. The zero-order valence-electron chi connectivity index (χ0n) is 68.1. The molecule has 0 N–H and O–H groups in total. The molecule has 23 rings (SSSR count). The predicted octanol–water partition coefficient (Wildman–Crippen LogP) is 29.4. The van der Waals surface area contributed by atoms with E-state index < -0.39 is 0 Å². The zero-order chi connectivity index (χ0) is 77.4. The Morgan fingerprint density at radius 2 is 0.504 bits per heavy atom. The molecule has 8 saturated carbocycles. The lowest BCUT2D eigenvalue weighted by Crippen LogP contribution is -2.55. The van der Waals surface area contributed by atoms with Crippen LogP contribution in [0.5, 0.6) is 0 Å². The number of hydrogen-bond acceptors (Lipinski definition) is 4. The van der Waals surface area contributed by atoms with Gasteiger partial charge < -0.3 is 19.6 Å². The van der Waals surface area contributed by atoms with Gasteiger partial charge in [-0.25, -0.2) is 0 Å². The van der Waals surface area contributed by atoms with Gasteiger partial charge in [0.15, 0.2) is 0 Å². The van der Waals surface area contributed by atoms with E-state index in [0.29, 0.717) is 10.8 Å². The van der Waals surface area contributed by atoms with E-state index in [4.69, 9.17) is 0 Å². The van der Waals surface area contributed by atoms with Crippen LogP contribution in [-0.4, -0.2) is 0 Å². The Labute approximate surface area is 685 Å². The molecule has 0 radical (unpaired) electrons. The Morgan fingerprint density at radius 3 is 0.757 bits per heavy atom. The van der Waals surface area contributed by atoms with Crippen LogP contribution >= 0.6 is 0 Å². The van der Waals surface area contributed by atoms with Crippen molar-refractivity contribution in [2.45, 2.75) is 197 Å². The Hall–Kier alpha value is -10.7. The number of aryl methyl sites for hydroxylation is 9. The summed E-state index contributed by atoms with van der Waals surface area (Å²) in [6, 6.07) is 106. The van der Waals surface area contributed by atoms with Gasteiger partial charge in [0.05, 0.1) is 0 Å². The zero-order valence-corrected chi connectivity index (χ0v) is 68.1. The van der Waals surface area contributed by atoms with Crippen LogP contribution in [0.25, 0.3) is 12.2 Å². The highest BCUT2D eigenvalue weighted by atomic mass is 15.2. The molecule has 4 heteroatoms. The Kier molecular flexibility index (Phi) is 19.2. The maximum Gasteiger partial charge on any atom is 0.0464 e. The Balaban J connectivity index is 0.000000149. The van der Waals surface area contributed by atoms with Crippen molar-refractivity contribution >= 4 is 80.4 Å². The second-order valence-corrected chi connectivity index (χ2v) is 36.9. The van der Waals surface area contributed by atoms with Gasteiger partial charge >= 0.3 is 0 Å². The molecular weight excluding hydrogens is 1390 g/mol. The van der Waals surface area contributed by atoms with E-state index in [1.54, 1.807) is 22.3 Å². The van der Waals surface area contributed by atoms with Crippen LogP contribution in [0.3, 0.4) is 0 Å². The first-order valence-electron chi connectivity index (χ1n) is 44.1. The van der Waals surface area contributed by atoms with Crippen molar-refractivity contribution < 1.29 is 0 Å². The molecule has 12 aromatic carbocycles. The molecule has 0 saturated heterocycles. The summed E-state index contributed by atoms with van der Waals surface area (Å²) < 4.78 is 0. The summed E-state index contributed by atoms with van der Waals surface area (Å²) in [7, 11) is 0. The maximum atomic E-state index is 4.02. The number of fused-ring (bicyclic) bond motifs is 3. The summed E-state index contributed by atoms with van der Waals surface area (Å²) in [5.74, 6) is 3.28. The van der Waals surface area contributed by atoms with Crippen molar-refractivity contribution in [3.63, 3.8) is 0 Å². The second kappa shape index (κ2) is 30.2. The quantitative estimate of drug-likeness (QED) is 0.0598. The van der Waals surface area contributed by atoms with Crippen molar-refractivity contribution in [3.05, 3.63) is 370 Å². The van der Waals surface area contributed by atoms with Gasteiger partial charge in [-0.3, -0.25) is 0 Å². The van der Waals surface area contributed by atoms with Crippen LogP contribution in [0.2, 0.25) is 0 Å². The molecule has 0 heterocycles. The number of rotatable bonds is 24. The normalized spacial score (nSPS) is 23.1. The van der Waals surface area contributed by atoms with E-state index in [1.807, 2.05) is 12.2 Å². The van der Waals surface area contributed by atoms with Gasteiger partial charge in [-0.15, -0.1) is 0 Å². The lowest BCUT2D eigenvalue weighted by molar-refractivity contribution is -0.0282. The fourth-order valence-electron chi connectivity index (χ4n) is 24.1. The van der Waals surface area contributed by atoms with Gasteiger partial charge in [-0.05, 0) is 417 Å². The van der Waals surface area contributed by atoms with Crippen LogP contribution in [0, 0.1) is 30.6 Å². The molecular formula is C111H112N4. The minimum atomic E-state index is 0.255. The summed E-state index contributed by atoms with van der Waals surface area (Å²) >= 11 is 0. The first-order valence-corrected chi connectivity index (χ1v) is 44.1. The predicted molar refractivity (Wildman–Crippen MR) is 485 cm³/mol. The fraction of sp³-hybridized carbons (Fsp3) is 0.315. The van der Waals surface area contributed by atoms with E-state index in [1.165, 1.54) is 271 Å². The lowest BCUT2D eigenvalue weighted by atomic mass is 9.41. The molecule has 11 aliphatic carbocycles. The summed E-state index contributed by atoms with van der Waals surface area (Å²) in [6.07, 6.45) is 34.3. The third kappa shape index (κ3) is 13.8. The molecule has 0 spiro atoms. The van der Waals surface area contributed by atoms with E-state index in [9.17, 15) is 0 Å². The van der Waals surface area contributed by atoms with Gasteiger partial charge in [0, 0.05) is 68.2 Å². The van der Waals surface area contributed by atoms with Gasteiger partial charge in [0.2, 0.25) is 0 Å². The number of unbranched alkanes of at least 4 members (excludes halogenated alkanes) is 2. The molecule has 0 aliphatic heterocycles. The molecule has 12 aromatic rings. The fourth-order valence-corrected chi connectivity index (χ4v) is 24.1. The van der Waals surface area contributed by atoms with Crippen LogP contribution in [0.15, 0.2) is 286 Å². The summed E-state index contributed by atoms with van der Waals surface area (Å²) in [5.41, 5.74) is 37.3. The second-order valence-electron chi connectivity index (χ2n) is 36.9. The number of hydrogen-bond donors (Lipinski definition) is 0. The highest BCUT2D eigenvalue weighted by Gasteiger charge is 2.60. The van der Waals surface area contributed by atoms with E-state index in [2.05, 4.69) is 327 Å². The molecule has 576 valence electrons. The number of benzene rings is 12. The summed E-state index contributed by atoms with van der Waals surface area (Å²) in [4.78, 5) is 9.81. The summed E-state index contributed by atoms with van der Waals surface area (Å²) in [5, 5.41) is 0. The standard InChI is InChI=1S/C56H56N2.C55H56N2/c1-3-5-6-40-9-21-49(22-10-40)57(51-27-29-52(30-28-51)58(53-23-15-43-11-13-45(43)32-53)54-24-16-44-12-14-46(44)33-54)50-25-19-48(20-26-50)56-36-41-31-42(37-56)35-55(34-41,38-56)47-17-7-39(4-2)8-18-47;1-4-6-7-41-12-23-49(24-13-41)56(51-28-30-52(31-29-51)57(48-21-8-39(3)9-22-48)53-25-16-44-14-15-45(44)33-53)50-26-19-47(20-27-50)55-36-42-32-43(37-55)35-54(34-42,38-55)46-17-10-40(5-2)11-18-46/h4,7-10,15-30,32-33,41-42H,2-3,5-6,11-14,31,34-38H2,1H3;5,8-13,16-31,33,42-43H,2,4,6-7,14-15,32,34-38H2,1,3H3. The van der Waals surface area contributed by atoms with Crippen molar-refractivity contribution in [2.75, 3.05) is 19.6 Å². The molecule has 8 fully saturated rings. The Morgan fingerprint density at radius 1 is 0.278 bits per heavy atom. The first kappa shape index (κ1) is 73.2. The highest BCUT2D eigenvalue weighted by molar-refractivity contribution is 5.85. The average molecular weight is 1500 g/mol. The third-order valence-corrected chi connectivity index (χ3v) is 29.5. The topological polar surface area (TPSA) is 13.0 Å². The van der Waals surface area contributed by atoms with E-state index >= 15 is 0 Å². The van der Waals surface area contributed by atoms with Crippen LogP contribution in [0.4, 0.5) is 68.2 Å². The molecule has 0 amide bonds. The number of anilines is 12.